The van der Waals surface area contributed by atoms with E-state index >= 15 is 0 Å². The smallest absolute Gasteiger partial charge is 0.145 e. The number of aromatic nitrogens is 2. The van der Waals surface area contributed by atoms with Crippen LogP contribution in [0.15, 0.2) is 18.2 Å². The molecule has 0 aromatic carbocycles. The Morgan fingerprint density at radius 1 is 1.55 bits per heavy atom. The highest BCUT2D eigenvalue weighted by Gasteiger charge is 1.87. The predicted molar refractivity (Wildman–Crippen MR) is 43.8 cm³/mol. The predicted octanol–water partition coefficient (Wildman–Crippen LogP) is 1.16. The van der Waals surface area contributed by atoms with Crippen molar-refractivity contribution in [3.8, 4) is 0 Å². The fourth-order valence-electron chi connectivity index (χ4n) is 0.788. The maximum atomic E-state index is 7.42. The lowest BCUT2D eigenvalue weighted by Crippen LogP contribution is -2.17. The van der Waals surface area contributed by atoms with Gasteiger partial charge in [-0.2, -0.15) is 5.10 Å². The fraction of sp³-hybridized carbons (Fsp3) is 0.250. The maximum absolute atomic E-state index is 7.42. The fourth-order valence-corrected chi connectivity index (χ4v) is 0.788. The lowest BCUT2D eigenvalue weighted by atomic mass is 10.4. The molecule has 1 heterocycles. The van der Waals surface area contributed by atoms with Crippen LogP contribution in [0.3, 0.4) is 0 Å². The Morgan fingerprint density at radius 3 is 2.91 bits per heavy atom. The van der Waals surface area contributed by atoms with Crippen molar-refractivity contribution in [2.75, 3.05) is 0 Å². The molecule has 1 N–H and O–H groups in total. The first-order chi connectivity index (χ1) is 5.24. The molecule has 0 aliphatic rings. The summed E-state index contributed by atoms with van der Waals surface area (Å²) in [6.07, 6.45) is 3.61. The zero-order valence-corrected chi connectivity index (χ0v) is 6.70. The van der Waals surface area contributed by atoms with Gasteiger partial charge in [0.15, 0.2) is 0 Å². The standard InChI is InChI=1S/C8H11N3/c1-3-6-11-8(9)5-4-7(2)10-11/h3-6,9H,1-2H3/b6-3-,9-8?. The molecular weight excluding hydrogens is 138 g/mol. The summed E-state index contributed by atoms with van der Waals surface area (Å²) < 4.78 is 1.54. The van der Waals surface area contributed by atoms with Crippen LogP contribution in [0.1, 0.15) is 12.6 Å². The van der Waals surface area contributed by atoms with Gasteiger partial charge in [-0.15, -0.1) is 0 Å². The molecule has 58 valence electrons. The summed E-state index contributed by atoms with van der Waals surface area (Å²) in [4.78, 5) is 0. The van der Waals surface area contributed by atoms with E-state index in [2.05, 4.69) is 5.10 Å². The van der Waals surface area contributed by atoms with Gasteiger partial charge in [0.25, 0.3) is 0 Å². The first kappa shape index (κ1) is 7.72. The van der Waals surface area contributed by atoms with Crippen LogP contribution in [0, 0.1) is 12.3 Å². The van der Waals surface area contributed by atoms with Crippen LogP contribution in [0.2, 0.25) is 0 Å². The van der Waals surface area contributed by atoms with Gasteiger partial charge in [-0.3, -0.25) is 5.41 Å². The number of hydrogen-bond donors (Lipinski definition) is 1. The van der Waals surface area contributed by atoms with Crippen molar-refractivity contribution in [3.05, 3.63) is 29.4 Å². The normalized spacial score (nSPS) is 10.7. The van der Waals surface area contributed by atoms with Gasteiger partial charge in [-0.05, 0) is 26.0 Å². The third-order valence-electron chi connectivity index (χ3n) is 1.28. The second kappa shape index (κ2) is 3.14. The Hall–Kier alpha value is -1.38. The van der Waals surface area contributed by atoms with Crippen LogP contribution in [-0.4, -0.2) is 9.78 Å². The lowest BCUT2D eigenvalue weighted by Gasteiger charge is -1.98. The first-order valence-electron chi connectivity index (χ1n) is 3.48. The van der Waals surface area contributed by atoms with E-state index in [0.717, 1.165) is 5.69 Å². The van der Waals surface area contributed by atoms with Crippen LogP contribution < -0.4 is 5.49 Å². The van der Waals surface area contributed by atoms with E-state index in [-0.39, 0.29) is 0 Å². The van der Waals surface area contributed by atoms with Crippen molar-refractivity contribution < 1.29 is 0 Å². The van der Waals surface area contributed by atoms with Crippen LogP contribution in [0.25, 0.3) is 6.20 Å². The van der Waals surface area contributed by atoms with Gasteiger partial charge in [0.2, 0.25) is 0 Å². The third kappa shape index (κ3) is 1.77. The monoisotopic (exact) mass is 149 g/mol. The second-order valence-electron chi connectivity index (χ2n) is 2.29. The van der Waals surface area contributed by atoms with Gasteiger partial charge in [-0.1, -0.05) is 6.08 Å². The maximum Gasteiger partial charge on any atom is 0.145 e. The van der Waals surface area contributed by atoms with Gasteiger partial charge < -0.3 is 0 Å². The number of hydrogen-bond acceptors (Lipinski definition) is 2. The lowest BCUT2D eigenvalue weighted by molar-refractivity contribution is 0.791. The first-order valence-corrected chi connectivity index (χ1v) is 3.48. The van der Waals surface area contributed by atoms with Crippen LogP contribution in [0.4, 0.5) is 0 Å². The Balaban J connectivity index is 3.23. The van der Waals surface area contributed by atoms with Crippen LogP contribution >= 0.6 is 0 Å². The zero-order valence-electron chi connectivity index (χ0n) is 6.70. The number of rotatable bonds is 1. The minimum atomic E-state index is 0.397. The van der Waals surface area contributed by atoms with E-state index in [1.165, 1.54) is 4.68 Å². The molecule has 1 rings (SSSR count). The van der Waals surface area contributed by atoms with E-state index < -0.39 is 0 Å². The van der Waals surface area contributed by atoms with E-state index in [1.807, 2.05) is 26.0 Å². The average molecular weight is 149 g/mol. The van der Waals surface area contributed by atoms with Crippen LogP contribution in [-0.2, 0) is 0 Å². The van der Waals surface area contributed by atoms with Crippen molar-refractivity contribution in [2.24, 2.45) is 0 Å². The molecule has 1 aromatic heterocycles. The van der Waals surface area contributed by atoms with Crippen LogP contribution in [0.5, 0.6) is 0 Å². The molecular formula is C8H11N3. The number of aryl methyl sites for hydroxylation is 1. The highest BCUT2D eigenvalue weighted by molar-refractivity contribution is 5.18. The molecule has 0 spiro atoms. The molecule has 0 amide bonds. The number of nitrogens with one attached hydrogen (secondary N) is 1. The molecule has 0 bridgehead atoms. The molecule has 0 saturated carbocycles. The molecule has 1 aromatic rings. The number of allylic oxidation sites excluding steroid dienone is 1. The summed E-state index contributed by atoms with van der Waals surface area (Å²) in [5.74, 6) is 0. The van der Waals surface area contributed by atoms with E-state index in [0.29, 0.717) is 5.49 Å². The van der Waals surface area contributed by atoms with E-state index in [9.17, 15) is 0 Å². The van der Waals surface area contributed by atoms with E-state index in [1.54, 1.807) is 12.3 Å². The molecule has 0 radical (unpaired) electrons. The summed E-state index contributed by atoms with van der Waals surface area (Å²) >= 11 is 0. The van der Waals surface area contributed by atoms with Gasteiger partial charge in [-0.25, -0.2) is 4.68 Å². The molecule has 0 fully saturated rings. The molecule has 0 aliphatic heterocycles. The minimum Gasteiger partial charge on any atom is -0.283 e. The molecule has 0 atom stereocenters. The Morgan fingerprint density at radius 2 is 2.27 bits per heavy atom. The second-order valence-corrected chi connectivity index (χ2v) is 2.29. The summed E-state index contributed by atoms with van der Waals surface area (Å²) in [5.41, 5.74) is 1.31. The summed E-state index contributed by atoms with van der Waals surface area (Å²) in [5, 5.41) is 11.5. The highest BCUT2D eigenvalue weighted by atomic mass is 15.3. The molecule has 0 saturated heterocycles. The quantitative estimate of drug-likeness (QED) is 0.639. The van der Waals surface area contributed by atoms with Gasteiger partial charge in [0.1, 0.15) is 5.49 Å². The Bertz CT molecular complexity index is 322. The molecule has 3 heteroatoms. The Kier molecular flexibility index (Phi) is 2.21. The largest absolute Gasteiger partial charge is 0.283 e. The summed E-state index contributed by atoms with van der Waals surface area (Å²) in [7, 11) is 0. The van der Waals surface area contributed by atoms with Crippen molar-refractivity contribution in [1.29, 1.82) is 5.41 Å². The van der Waals surface area contributed by atoms with Gasteiger partial charge >= 0.3 is 0 Å². The highest BCUT2D eigenvalue weighted by Crippen LogP contribution is 1.85. The average Bonchev–Trinajstić information content (AvgIpc) is 1.98. The van der Waals surface area contributed by atoms with Gasteiger partial charge in [0.05, 0.1) is 5.69 Å². The van der Waals surface area contributed by atoms with Crippen molar-refractivity contribution in [3.63, 3.8) is 0 Å². The topological polar surface area (TPSA) is 41.7 Å². The van der Waals surface area contributed by atoms with E-state index in [4.69, 9.17) is 5.41 Å². The zero-order chi connectivity index (χ0) is 8.27. The SMILES string of the molecule is C/C=C\n1nc(C)ccc1=N. The minimum absolute atomic E-state index is 0.397. The Labute approximate surface area is 65.5 Å². The third-order valence-corrected chi connectivity index (χ3v) is 1.28. The number of nitrogens with zero attached hydrogens (tertiary/aromatic N) is 2. The molecule has 11 heavy (non-hydrogen) atoms. The van der Waals surface area contributed by atoms with Crippen molar-refractivity contribution in [1.82, 2.24) is 9.78 Å². The van der Waals surface area contributed by atoms with Crippen molar-refractivity contribution in [2.45, 2.75) is 13.8 Å². The molecule has 0 aliphatic carbocycles. The summed E-state index contributed by atoms with van der Waals surface area (Å²) in [6, 6.07) is 3.55. The molecule has 3 nitrogen and oxygen atoms in total. The summed E-state index contributed by atoms with van der Waals surface area (Å²) in [6.45, 7) is 3.80. The van der Waals surface area contributed by atoms with Crippen molar-refractivity contribution >= 4 is 6.20 Å². The van der Waals surface area contributed by atoms with Gasteiger partial charge in [0, 0.05) is 6.20 Å². The molecule has 0 unspecified atom stereocenters.